The zero-order valence-electron chi connectivity index (χ0n) is 14.5. The van der Waals surface area contributed by atoms with Crippen LogP contribution in [0.5, 0.6) is 0 Å². The average molecular weight is 362 g/mol. The first kappa shape index (κ1) is 16.9. The fourth-order valence-corrected chi connectivity index (χ4v) is 3.10. The predicted molar refractivity (Wildman–Crippen MR) is 97.6 cm³/mol. The minimum atomic E-state index is -0.280. The molecule has 1 aromatic carbocycles. The molecule has 1 atom stereocenters. The Bertz CT molecular complexity index is 969. The van der Waals surface area contributed by atoms with Crippen LogP contribution in [0.3, 0.4) is 0 Å². The quantitative estimate of drug-likeness (QED) is 0.613. The van der Waals surface area contributed by atoms with E-state index in [1.165, 1.54) is 0 Å². The minimum absolute atomic E-state index is 0.120. The Hall–Kier alpha value is -3.55. The van der Waals surface area contributed by atoms with Gasteiger partial charge in [-0.3, -0.25) is 19.7 Å². The molecule has 2 amide bonds. The summed E-state index contributed by atoms with van der Waals surface area (Å²) in [5.41, 5.74) is 2.39. The van der Waals surface area contributed by atoms with Gasteiger partial charge in [0, 0.05) is 36.5 Å². The van der Waals surface area contributed by atoms with Crippen molar-refractivity contribution in [1.29, 1.82) is 0 Å². The molecule has 4 rings (SSSR count). The van der Waals surface area contributed by atoms with E-state index in [1.807, 2.05) is 30.3 Å². The SMILES string of the molecule is O=C(CC1NC(=O)c2ccccc21)NCCc1nc(-c2ccncc2)n[nH]1. The van der Waals surface area contributed by atoms with Gasteiger partial charge >= 0.3 is 0 Å². The molecule has 0 bridgehead atoms. The number of pyridine rings is 1. The molecule has 3 N–H and O–H groups in total. The summed E-state index contributed by atoms with van der Waals surface area (Å²) in [5, 5.41) is 12.8. The number of nitrogens with zero attached hydrogens (tertiary/aromatic N) is 3. The molecule has 136 valence electrons. The van der Waals surface area contributed by atoms with Crippen LogP contribution >= 0.6 is 0 Å². The maximum Gasteiger partial charge on any atom is 0.252 e. The summed E-state index contributed by atoms with van der Waals surface area (Å²) in [6.07, 6.45) is 4.12. The summed E-state index contributed by atoms with van der Waals surface area (Å²) in [6, 6.07) is 10.7. The third-order valence-electron chi connectivity index (χ3n) is 4.43. The van der Waals surface area contributed by atoms with Gasteiger partial charge in [0.25, 0.3) is 5.91 Å². The van der Waals surface area contributed by atoms with Gasteiger partial charge in [-0.1, -0.05) is 18.2 Å². The molecule has 8 heteroatoms. The molecule has 1 aliphatic rings. The first-order valence-electron chi connectivity index (χ1n) is 8.69. The van der Waals surface area contributed by atoms with E-state index >= 15 is 0 Å². The van der Waals surface area contributed by atoms with Gasteiger partial charge in [0.2, 0.25) is 5.91 Å². The number of nitrogens with one attached hydrogen (secondary N) is 3. The largest absolute Gasteiger partial charge is 0.356 e. The molecule has 2 aromatic heterocycles. The molecule has 0 radical (unpaired) electrons. The van der Waals surface area contributed by atoms with Crippen molar-refractivity contribution in [2.45, 2.75) is 18.9 Å². The molecular weight excluding hydrogens is 344 g/mol. The van der Waals surface area contributed by atoms with Crippen LogP contribution in [-0.4, -0.2) is 38.5 Å². The summed E-state index contributed by atoms with van der Waals surface area (Å²) >= 11 is 0. The van der Waals surface area contributed by atoms with Gasteiger partial charge in [-0.2, -0.15) is 5.10 Å². The second-order valence-electron chi connectivity index (χ2n) is 6.26. The molecule has 27 heavy (non-hydrogen) atoms. The first-order valence-corrected chi connectivity index (χ1v) is 8.69. The lowest BCUT2D eigenvalue weighted by atomic mass is 10.0. The Morgan fingerprint density at radius 3 is 2.81 bits per heavy atom. The molecular formula is C19H18N6O2. The highest BCUT2D eigenvalue weighted by Crippen LogP contribution is 2.27. The van der Waals surface area contributed by atoms with Crippen molar-refractivity contribution in [3.05, 3.63) is 65.7 Å². The van der Waals surface area contributed by atoms with Crippen molar-refractivity contribution < 1.29 is 9.59 Å². The van der Waals surface area contributed by atoms with E-state index in [0.29, 0.717) is 30.2 Å². The van der Waals surface area contributed by atoms with Gasteiger partial charge in [0.1, 0.15) is 5.82 Å². The molecule has 1 unspecified atom stereocenters. The third-order valence-corrected chi connectivity index (χ3v) is 4.43. The van der Waals surface area contributed by atoms with Crippen molar-refractivity contribution in [2.75, 3.05) is 6.54 Å². The van der Waals surface area contributed by atoms with Crippen LogP contribution in [0, 0.1) is 0 Å². The van der Waals surface area contributed by atoms with E-state index in [2.05, 4.69) is 30.8 Å². The highest BCUT2D eigenvalue weighted by molar-refractivity contribution is 5.99. The Morgan fingerprint density at radius 2 is 1.96 bits per heavy atom. The van der Waals surface area contributed by atoms with Gasteiger partial charge in [0.05, 0.1) is 12.5 Å². The van der Waals surface area contributed by atoms with Crippen LogP contribution in [0.1, 0.15) is 34.2 Å². The molecule has 3 aromatic rings. The number of aromatic amines is 1. The Kier molecular flexibility index (Phi) is 4.61. The van der Waals surface area contributed by atoms with Crippen LogP contribution in [-0.2, 0) is 11.2 Å². The smallest absolute Gasteiger partial charge is 0.252 e. The Balaban J connectivity index is 1.28. The molecule has 0 saturated carbocycles. The van der Waals surface area contributed by atoms with E-state index < -0.39 is 0 Å². The van der Waals surface area contributed by atoms with E-state index in [4.69, 9.17) is 0 Å². The average Bonchev–Trinajstić information content (AvgIpc) is 3.28. The summed E-state index contributed by atoms with van der Waals surface area (Å²) < 4.78 is 0. The van der Waals surface area contributed by atoms with Gasteiger partial charge in [-0.25, -0.2) is 4.98 Å². The van der Waals surface area contributed by atoms with E-state index in [-0.39, 0.29) is 24.3 Å². The van der Waals surface area contributed by atoms with Crippen molar-refractivity contribution in [2.24, 2.45) is 0 Å². The molecule has 0 fully saturated rings. The number of hydrogen-bond acceptors (Lipinski definition) is 5. The van der Waals surface area contributed by atoms with Crippen LogP contribution in [0.2, 0.25) is 0 Å². The number of rotatable bonds is 6. The fraction of sp³-hybridized carbons (Fsp3) is 0.211. The van der Waals surface area contributed by atoms with Gasteiger partial charge < -0.3 is 10.6 Å². The number of amides is 2. The first-order chi connectivity index (χ1) is 13.2. The molecule has 0 spiro atoms. The van der Waals surface area contributed by atoms with Crippen LogP contribution in [0.15, 0.2) is 48.8 Å². The van der Waals surface area contributed by atoms with Crippen LogP contribution < -0.4 is 10.6 Å². The highest BCUT2D eigenvalue weighted by atomic mass is 16.2. The van der Waals surface area contributed by atoms with Crippen LogP contribution in [0.4, 0.5) is 0 Å². The van der Waals surface area contributed by atoms with Gasteiger partial charge in [-0.15, -0.1) is 0 Å². The van der Waals surface area contributed by atoms with Gasteiger partial charge in [-0.05, 0) is 23.8 Å². The normalized spacial score (nSPS) is 15.3. The zero-order valence-corrected chi connectivity index (χ0v) is 14.5. The second kappa shape index (κ2) is 7.36. The maximum atomic E-state index is 12.2. The third kappa shape index (κ3) is 3.69. The summed E-state index contributed by atoms with van der Waals surface area (Å²) in [5.74, 6) is 1.05. The monoisotopic (exact) mass is 362 g/mol. The molecule has 0 aliphatic carbocycles. The van der Waals surface area contributed by atoms with Crippen molar-refractivity contribution in [3.63, 3.8) is 0 Å². The van der Waals surface area contributed by atoms with Crippen molar-refractivity contribution in [1.82, 2.24) is 30.8 Å². The Morgan fingerprint density at radius 1 is 1.15 bits per heavy atom. The summed E-state index contributed by atoms with van der Waals surface area (Å²) in [4.78, 5) is 32.5. The molecule has 8 nitrogen and oxygen atoms in total. The summed E-state index contributed by atoms with van der Waals surface area (Å²) in [6.45, 7) is 0.437. The van der Waals surface area contributed by atoms with E-state index in [1.54, 1.807) is 18.5 Å². The lowest BCUT2D eigenvalue weighted by molar-refractivity contribution is -0.121. The van der Waals surface area contributed by atoms with Crippen LogP contribution in [0.25, 0.3) is 11.4 Å². The highest BCUT2D eigenvalue weighted by Gasteiger charge is 2.29. The van der Waals surface area contributed by atoms with Crippen molar-refractivity contribution in [3.8, 4) is 11.4 Å². The molecule has 0 saturated heterocycles. The number of hydrogen-bond donors (Lipinski definition) is 3. The van der Waals surface area contributed by atoms with Crippen molar-refractivity contribution >= 4 is 11.8 Å². The second-order valence-corrected chi connectivity index (χ2v) is 6.26. The van der Waals surface area contributed by atoms with E-state index in [9.17, 15) is 9.59 Å². The predicted octanol–water partition coefficient (Wildman–Crippen LogP) is 1.40. The number of H-pyrrole nitrogens is 1. The molecule has 3 heterocycles. The lowest BCUT2D eigenvalue weighted by Gasteiger charge is -2.11. The number of fused-ring (bicyclic) bond motifs is 1. The topological polar surface area (TPSA) is 113 Å². The summed E-state index contributed by atoms with van der Waals surface area (Å²) in [7, 11) is 0. The number of aromatic nitrogens is 4. The fourth-order valence-electron chi connectivity index (χ4n) is 3.10. The Labute approximate surface area is 155 Å². The number of carbonyl (C=O) groups excluding carboxylic acids is 2. The maximum absolute atomic E-state index is 12.2. The number of benzene rings is 1. The van der Waals surface area contributed by atoms with Gasteiger partial charge in [0.15, 0.2) is 5.82 Å². The standard InChI is InChI=1S/C19H18N6O2/c26-17(11-15-13-3-1-2-4-14(13)19(27)22-15)21-10-7-16-23-18(25-24-16)12-5-8-20-9-6-12/h1-6,8-9,15H,7,10-11H2,(H,21,26)(H,22,27)(H,23,24,25). The lowest BCUT2D eigenvalue weighted by Crippen LogP contribution is -2.30. The zero-order chi connectivity index (χ0) is 18.6. The minimum Gasteiger partial charge on any atom is -0.356 e. The molecule has 1 aliphatic heterocycles. The number of carbonyl (C=O) groups is 2. The van der Waals surface area contributed by atoms with E-state index in [0.717, 1.165) is 11.1 Å².